The van der Waals surface area contributed by atoms with E-state index in [4.69, 9.17) is 0 Å². The Kier molecular flexibility index (Phi) is 26.5. The molecule has 0 saturated heterocycles. The Morgan fingerprint density at radius 3 is 1.06 bits per heavy atom. The van der Waals surface area contributed by atoms with Crippen LogP contribution in [0.25, 0.3) is 145 Å². The molecular formula is C121H130N9+5. The number of benzene rings is 13. The van der Waals surface area contributed by atoms with Crippen molar-refractivity contribution in [2.45, 2.75) is 154 Å². The fourth-order valence-corrected chi connectivity index (χ4v) is 20.2. The molecule has 0 radical (unpaired) electrons. The normalized spacial score (nSPS) is 11.6. The van der Waals surface area contributed by atoms with Gasteiger partial charge in [0.1, 0.15) is 41.8 Å². The van der Waals surface area contributed by atoms with Crippen LogP contribution in [0.1, 0.15) is 168 Å². The Balaban J connectivity index is 0.000000121. The summed E-state index contributed by atoms with van der Waals surface area (Å²) in [7, 11) is 10.8. The van der Waals surface area contributed by atoms with E-state index in [0.717, 1.165) is 12.8 Å². The summed E-state index contributed by atoms with van der Waals surface area (Å²) in [5, 5.41) is 7.95. The van der Waals surface area contributed by atoms with E-state index in [1.165, 1.54) is 206 Å². The predicted molar refractivity (Wildman–Crippen MR) is 548 cm³/mol. The van der Waals surface area contributed by atoms with Gasteiger partial charge in [-0.1, -0.05) is 308 Å². The minimum Gasteiger partial charge on any atom is -0.232 e. The zero-order chi connectivity index (χ0) is 91.6. The van der Waals surface area contributed by atoms with Crippen LogP contribution in [0.4, 0.5) is 0 Å². The molecular weight excluding hydrogens is 1580 g/mol. The van der Waals surface area contributed by atoms with Crippen LogP contribution in [0.15, 0.2) is 328 Å². The summed E-state index contributed by atoms with van der Waals surface area (Å²) in [5.74, 6) is 5.46. The number of fused-ring (bicyclic) bond motifs is 14. The van der Waals surface area contributed by atoms with Gasteiger partial charge in [0.2, 0.25) is 5.69 Å². The largest absolute Gasteiger partial charge is 0.295 e. The van der Waals surface area contributed by atoms with Crippen LogP contribution in [0.5, 0.6) is 0 Å². The second kappa shape index (κ2) is 38.3. The van der Waals surface area contributed by atoms with Crippen LogP contribution < -0.4 is 22.8 Å². The second-order valence-corrected chi connectivity index (χ2v) is 37.9. The van der Waals surface area contributed by atoms with Gasteiger partial charge in [-0.05, 0) is 206 Å². The maximum absolute atomic E-state index is 2.52. The fourth-order valence-electron chi connectivity index (χ4n) is 20.2. The molecule has 9 heteroatoms. The van der Waals surface area contributed by atoms with Gasteiger partial charge in [-0.15, -0.1) is 0 Å². The number of hydrogen-bond acceptors (Lipinski definition) is 0. The molecule has 654 valence electrons. The first-order chi connectivity index (χ1) is 62.7. The van der Waals surface area contributed by atoms with Gasteiger partial charge in [-0.2, -0.15) is 17.9 Å². The van der Waals surface area contributed by atoms with E-state index >= 15 is 0 Å². The molecule has 7 aromatic heterocycles. The van der Waals surface area contributed by atoms with Gasteiger partial charge in [0.25, 0.3) is 22.9 Å². The molecule has 9 nitrogen and oxygen atoms in total. The van der Waals surface area contributed by atoms with Gasteiger partial charge < -0.3 is 0 Å². The molecule has 0 spiro atoms. The molecule has 0 fully saturated rings. The number of imidazole rings is 4. The summed E-state index contributed by atoms with van der Waals surface area (Å²) >= 11 is 0. The van der Waals surface area contributed by atoms with Crippen LogP contribution in [-0.4, -0.2) is 17.9 Å². The number of para-hydroxylation sites is 8. The maximum atomic E-state index is 2.52. The molecule has 20 aromatic rings. The lowest BCUT2D eigenvalue weighted by atomic mass is 9.87. The summed E-state index contributed by atoms with van der Waals surface area (Å²) in [6, 6.07) is 111. The minimum absolute atomic E-state index is 0.444. The molecule has 20 rings (SSSR count). The monoisotopic (exact) mass is 1710 g/mol. The topological polar surface area (TPSA) is 38.1 Å². The van der Waals surface area contributed by atoms with Gasteiger partial charge in [0.05, 0.1) is 50.1 Å². The molecule has 0 N–H and O–H groups in total. The van der Waals surface area contributed by atoms with Crippen molar-refractivity contribution in [3.63, 3.8) is 0 Å². The highest BCUT2D eigenvalue weighted by Crippen LogP contribution is 2.44. The van der Waals surface area contributed by atoms with Crippen molar-refractivity contribution < 1.29 is 22.8 Å². The van der Waals surface area contributed by atoms with Crippen LogP contribution in [0.3, 0.4) is 0 Å². The third-order valence-electron chi connectivity index (χ3n) is 26.3. The van der Waals surface area contributed by atoms with Crippen molar-refractivity contribution in [2.75, 3.05) is 0 Å². The molecule has 0 atom stereocenters. The van der Waals surface area contributed by atoms with Crippen molar-refractivity contribution in [3.05, 3.63) is 389 Å². The summed E-state index contributed by atoms with van der Waals surface area (Å²) in [6.07, 6.45) is 8.94. The highest BCUT2D eigenvalue weighted by molar-refractivity contribution is 6.14. The van der Waals surface area contributed by atoms with E-state index in [1.807, 2.05) is 6.07 Å². The van der Waals surface area contributed by atoms with Crippen LogP contribution in [-0.2, 0) is 48.1 Å². The molecule has 7 heterocycles. The highest BCUT2D eigenvalue weighted by Gasteiger charge is 2.35. The minimum atomic E-state index is 0.444. The smallest absolute Gasteiger partial charge is 0.232 e. The number of nitrogens with zero attached hydrogens (tertiary/aromatic N) is 9. The van der Waals surface area contributed by atoms with Crippen molar-refractivity contribution in [3.8, 4) is 67.9 Å². The van der Waals surface area contributed by atoms with Crippen LogP contribution >= 0.6 is 0 Å². The molecule has 0 saturated carbocycles. The first-order valence-electron chi connectivity index (χ1n) is 46.9. The molecule has 0 aliphatic heterocycles. The van der Waals surface area contributed by atoms with Gasteiger partial charge >= 0.3 is 0 Å². The zero-order valence-corrected chi connectivity index (χ0v) is 80.6. The third kappa shape index (κ3) is 17.2. The second-order valence-electron chi connectivity index (χ2n) is 37.9. The average molecular weight is 1710 g/mol. The fraction of sp³-hybridized carbons (Fsp3) is 0.248. The van der Waals surface area contributed by atoms with Gasteiger partial charge in [-0.3, -0.25) is 0 Å². The number of aryl methyl sites for hydroxylation is 10. The van der Waals surface area contributed by atoms with Crippen molar-refractivity contribution >= 4 is 76.7 Å². The summed E-state index contributed by atoms with van der Waals surface area (Å²) in [5.41, 5.74) is 38.1. The standard InChI is InChI=1S/C31H35N2.C29H31N2.C27H31N2.C21H19N2.C13H14N/c1-20(2)17-23-12-10-13-24(18-21(3)4)30(23)28-19-32(6)31-29-22(5)11-9-15-26(29)25-14-7-8-16-27(25)33(28)31;1-18(2)21-13-10-14-22(19(3)4)28(21)26-17-30(6)29-27-20(5)11-9-15-24(27)23-12-7-8-16-25(23)31(26)29;1-18(2)21-14-11-15-22(19(3)4)26(21)29-25-17-10-9-16-24(25)28(6)27(29)23-13-8-7-12-20(23)5;1-16-10-6-7-13-18(16)21-22(2)19-14-8-9-15-20(19)23(21)17-11-4-3-5-12-17;1-11-7-3-4-8-12(11)13-9-5-6-10-14(13)2/h7-16,19-21H,17-18H2,1-6H3;7-19H,1-6H3;7-19H,1-6H3;3-15H,1-2H3;3-10H,1-2H3/q5*+1. The quantitative estimate of drug-likeness (QED) is 0.0725. The maximum Gasteiger partial charge on any atom is 0.295 e. The molecule has 0 aliphatic rings. The van der Waals surface area contributed by atoms with Crippen molar-refractivity contribution in [1.29, 1.82) is 0 Å². The van der Waals surface area contributed by atoms with Crippen LogP contribution in [0, 0.1) is 46.5 Å². The number of hydrogen-bond donors (Lipinski definition) is 0. The van der Waals surface area contributed by atoms with E-state index in [2.05, 4.69) is 516 Å². The Hall–Kier alpha value is -13.6. The lowest BCUT2D eigenvalue weighted by molar-refractivity contribution is -0.660. The molecule has 0 aliphatic carbocycles. The number of rotatable bonds is 15. The Morgan fingerprint density at radius 2 is 0.623 bits per heavy atom. The molecule has 0 unspecified atom stereocenters. The van der Waals surface area contributed by atoms with Gasteiger partial charge in [-0.25, -0.2) is 22.8 Å². The Morgan fingerprint density at radius 1 is 0.277 bits per heavy atom. The van der Waals surface area contributed by atoms with E-state index in [0.29, 0.717) is 35.5 Å². The van der Waals surface area contributed by atoms with Crippen LogP contribution in [0.2, 0.25) is 0 Å². The first kappa shape index (κ1) is 89.7. The molecule has 13 aromatic carbocycles. The zero-order valence-electron chi connectivity index (χ0n) is 80.6. The van der Waals surface area contributed by atoms with Gasteiger partial charge in [0.15, 0.2) is 39.7 Å². The Labute approximate surface area is 770 Å². The van der Waals surface area contributed by atoms with Crippen molar-refractivity contribution in [1.82, 2.24) is 17.9 Å². The summed E-state index contributed by atoms with van der Waals surface area (Å²) in [6.45, 7) is 38.6. The SMILES string of the molecule is Cc1cccc2c3ccccc3n3c(-c4c(C(C)C)cccc4C(C)C)c[n+](C)c3c12.Cc1cccc2c3ccccc3n3c(-c4c(CC(C)C)cccc4CC(C)C)c[n+](C)c3c12.Cc1ccccc1-c1cccc[n+]1C.Cc1ccccc1-c1n(-c2c(C(C)C)cccc2C(C)C)c2ccccc2[n+]1C.Cc1ccccc1-c1n(-c2ccccc2)c2ccccc2[n+]1C. The molecule has 130 heavy (non-hydrogen) atoms. The van der Waals surface area contributed by atoms with E-state index in [1.54, 1.807) is 0 Å². The summed E-state index contributed by atoms with van der Waals surface area (Å²) in [4.78, 5) is 0. The van der Waals surface area contributed by atoms with E-state index in [9.17, 15) is 0 Å². The summed E-state index contributed by atoms with van der Waals surface area (Å²) < 4.78 is 21.3. The lowest BCUT2D eigenvalue weighted by Gasteiger charge is -2.18. The highest BCUT2D eigenvalue weighted by atomic mass is 15.2. The number of pyridine rings is 3. The average Bonchev–Trinajstić information content (AvgIpc) is 1.56. The van der Waals surface area contributed by atoms with Crippen molar-refractivity contribution in [2.24, 2.45) is 47.1 Å². The van der Waals surface area contributed by atoms with E-state index < -0.39 is 0 Å². The third-order valence-corrected chi connectivity index (χ3v) is 26.3. The Bertz CT molecular complexity index is 7440. The predicted octanol–water partition coefficient (Wildman–Crippen LogP) is 28.3. The van der Waals surface area contributed by atoms with Gasteiger partial charge in [0, 0.05) is 61.5 Å². The molecule has 0 bridgehead atoms. The van der Waals surface area contributed by atoms with E-state index in [-0.39, 0.29) is 0 Å². The first-order valence-corrected chi connectivity index (χ1v) is 46.9. The molecule has 0 amide bonds. The lowest BCUT2D eigenvalue weighted by Crippen LogP contribution is -2.30. The number of aromatic nitrogens is 9.